The van der Waals surface area contributed by atoms with Crippen molar-refractivity contribution in [2.45, 2.75) is 38.1 Å². The number of halogens is 1. The van der Waals surface area contributed by atoms with Crippen molar-refractivity contribution in [2.75, 3.05) is 22.5 Å². The molecule has 7 heteroatoms. The topological polar surface area (TPSA) is 52.7 Å². The van der Waals surface area contributed by atoms with Crippen LogP contribution in [0.2, 0.25) is 0 Å². The standard InChI is InChI=1S/C28H28FN3O2S/c1-18(2)20-9-11-22(12-10-20)30-27(34)32-14-15-35-28(32)23-16-19(3)8-13-25(23)31(26(28)33)17-21-6-4-5-7-24(21)29/h4-13,16,18H,14-15,17H2,1-3H3,(H,30,34)/t28-/m0/s1. The lowest BCUT2D eigenvalue weighted by Gasteiger charge is -2.33. The van der Waals surface area contributed by atoms with Crippen LogP contribution in [0, 0.1) is 12.7 Å². The second-order valence-corrected chi connectivity index (χ2v) is 10.6. The molecule has 1 atom stereocenters. The average molecular weight is 490 g/mol. The molecule has 0 radical (unpaired) electrons. The third kappa shape index (κ3) is 3.97. The quantitative estimate of drug-likeness (QED) is 0.472. The van der Waals surface area contributed by atoms with E-state index in [9.17, 15) is 14.0 Å². The van der Waals surface area contributed by atoms with Crippen molar-refractivity contribution in [2.24, 2.45) is 0 Å². The van der Waals surface area contributed by atoms with Crippen molar-refractivity contribution in [3.63, 3.8) is 0 Å². The molecule has 0 aromatic heterocycles. The Morgan fingerprint density at radius 1 is 1.11 bits per heavy atom. The maximum atomic E-state index is 14.5. The number of rotatable bonds is 4. The molecular formula is C28H28FN3O2S. The number of urea groups is 1. The molecule has 2 aliphatic heterocycles. The molecule has 2 heterocycles. The van der Waals surface area contributed by atoms with Gasteiger partial charge in [0.05, 0.1) is 12.2 Å². The Labute approximate surface area is 209 Å². The van der Waals surface area contributed by atoms with Crippen LogP contribution in [0.25, 0.3) is 0 Å². The first-order chi connectivity index (χ1) is 16.8. The third-order valence-electron chi connectivity index (χ3n) is 6.71. The molecule has 1 saturated heterocycles. The molecule has 3 aromatic rings. The van der Waals surface area contributed by atoms with Crippen LogP contribution in [0.1, 0.15) is 42.0 Å². The minimum absolute atomic E-state index is 0.107. The molecule has 3 amide bonds. The Bertz CT molecular complexity index is 1290. The Kier molecular flexibility index (Phi) is 6.05. The summed E-state index contributed by atoms with van der Waals surface area (Å²) >= 11 is 1.46. The molecule has 1 spiro atoms. The number of nitrogens with zero attached hydrogens (tertiary/aromatic N) is 2. The molecule has 2 aliphatic rings. The Balaban J connectivity index is 1.50. The largest absolute Gasteiger partial charge is 0.323 e. The summed E-state index contributed by atoms with van der Waals surface area (Å²) in [5.74, 6) is 0.462. The normalized spacial score (nSPS) is 19.1. The van der Waals surface area contributed by atoms with Crippen molar-refractivity contribution in [3.8, 4) is 0 Å². The van der Waals surface area contributed by atoms with Gasteiger partial charge in [-0.05, 0) is 42.7 Å². The first-order valence-corrected chi connectivity index (χ1v) is 12.8. The van der Waals surface area contributed by atoms with Crippen LogP contribution >= 0.6 is 11.8 Å². The molecule has 1 fully saturated rings. The van der Waals surface area contributed by atoms with Gasteiger partial charge < -0.3 is 10.2 Å². The highest BCUT2D eigenvalue weighted by Crippen LogP contribution is 2.54. The van der Waals surface area contributed by atoms with E-state index in [1.54, 1.807) is 28.0 Å². The van der Waals surface area contributed by atoms with Gasteiger partial charge in [0.15, 0.2) is 4.87 Å². The summed E-state index contributed by atoms with van der Waals surface area (Å²) in [5.41, 5.74) is 4.82. The number of hydrogen-bond donors (Lipinski definition) is 1. The molecular weight excluding hydrogens is 461 g/mol. The number of benzene rings is 3. The molecule has 0 bridgehead atoms. The van der Waals surface area contributed by atoms with E-state index < -0.39 is 4.87 Å². The predicted octanol–water partition coefficient (Wildman–Crippen LogP) is 6.24. The van der Waals surface area contributed by atoms with E-state index >= 15 is 0 Å². The summed E-state index contributed by atoms with van der Waals surface area (Å²) < 4.78 is 14.5. The number of carbonyl (C=O) groups excluding carboxylic acids is 2. The van der Waals surface area contributed by atoms with Gasteiger partial charge in [-0.3, -0.25) is 9.69 Å². The van der Waals surface area contributed by atoms with Crippen molar-refractivity contribution in [3.05, 3.63) is 94.8 Å². The molecule has 3 aromatic carbocycles. The molecule has 5 rings (SSSR count). The fourth-order valence-corrected chi connectivity index (χ4v) is 6.28. The fraction of sp³-hybridized carbons (Fsp3) is 0.286. The summed E-state index contributed by atoms with van der Waals surface area (Å²) in [6.07, 6.45) is 0. The van der Waals surface area contributed by atoms with Crippen LogP contribution in [0.4, 0.5) is 20.6 Å². The van der Waals surface area contributed by atoms with Crippen LogP contribution in [0.5, 0.6) is 0 Å². The number of amides is 3. The van der Waals surface area contributed by atoms with Crippen LogP contribution in [0.15, 0.2) is 66.7 Å². The van der Waals surface area contributed by atoms with Crippen LogP contribution in [-0.4, -0.2) is 29.1 Å². The maximum Gasteiger partial charge on any atom is 0.323 e. The highest BCUT2D eigenvalue weighted by atomic mass is 32.2. The summed E-state index contributed by atoms with van der Waals surface area (Å²) in [4.78, 5) is 29.7. The number of aryl methyl sites for hydroxylation is 1. The average Bonchev–Trinajstić information content (AvgIpc) is 3.38. The van der Waals surface area contributed by atoms with Gasteiger partial charge in [-0.1, -0.05) is 61.9 Å². The lowest BCUT2D eigenvalue weighted by atomic mass is 10.0. The minimum Gasteiger partial charge on any atom is -0.308 e. The minimum atomic E-state index is -1.17. The van der Waals surface area contributed by atoms with E-state index in [0.29, 0.717) is 29.5 Å². The van der Waals surface area contributed by atoms with Gasteiger partial charge in [0.2, 0.25) is 0 Å². The molecule has 1 N–H and O–H groups in total. The van der Waals surface area contributed by atoms with E-state index in [2.05, 4.69) is 19.2 Å². The van der Waals surface area contributed by atoms with Gasteiger partial charge in [0.1, 0.15) is 5.82 Å². The Morgan fingerprint density at radius 2 is 1.86 bits per heavy atom. The van der Waals surface area contributed by atoms with Gasteiger partial charge >= 0.3 is 6.03 Å². The second kappa shape index (κ2) is 9.04. The van der Waals surface area contributed by atoms with E-state index in [1.165, 1.54) is 23.4 Å². The van der Waals surface area contributed by atoms with Crippen molar-refractivity contribution in [1.29, 1.82) is 0 Å². The van der Waals surface area contributed by atoms with E-state index in [1.807, 2.05) is 49.4 Å². The van der Waals surface area contributed by atoms with Gasteiger partial charge in [-0.15, -0.1) is 11.8 Å². The first-order valence-electron chi connectivity index (χ1n) is 11.8. The zero-order chi connectivity index (χ0) is 24.7. The van der Waals surface area contributed by atoms with Crippen molar-refractivity contribution in [1.82, 2.24) is 4.90 Å². The van der Waals surface area contributed by atoms with Crippen LogP contribution in [-0.2, 0) is 16.2 Å². The van der Waals surface area contributed by atoms with Crippen LogP contribution in [0.3, 0.4) is 0 Å². The maximum absolute atomic E-state index is 14.5. The van der Waals surface area contributed by atoms with E-state index in [0.717, 1.165) is 16.8 Å². The monoisotopic (exact) mass is 489 g/mol. The number of carbonyl (C=O) groups is 2. The Morgan fingerprint density at radius 3 is 2.57 bits per heavy atom. The zero-order valence-electron chi connectivity index (χ0n) is 20.0. The smallest absolute Gasteiger partial charge is 0.308 e. The number of anilines is 2. The molecule has 0 aliphatic carbocycles. The zero-order valence-corrected chi connectivity index (χ0v) is 20.9. The van der Waals surface area contributed by atoms with Crippen molar-refractivity contribution < 1.29 is 14.0 Å². The number of fused-ring (bicyclic) bond motifs is 2. The summed E-state index contributed by atoms with van der Waals surface area (Å²) in [5, 5.41) is 2.98. The molecule has 0 saturated carbocycles. The summed E-state index contributed by atoms with van der Waals surface area (Å²) in [6.45, 7) is 6.76. The lowest BCUT2D eigenvalue weighted by molar-refractivity contribution is -0.123. The lowest BCUT2D eigenvalue weighted by Crippen LogP contribution is -2.51. The number of hydrogen-bond acceptors (Lipinski definition) is 3. The summed E-state index contributed by atoms with van der Waals surface area (Å²) in [6, 6.07) is 19.8. The van der Waals surface area contributed by atoms with Gasteiger partial charge in [-0.2, -0.15) is 0 Å². The SMILES string of the molecule is Cc1ccc2c(c1)[C@]1(SCCN1C(=O)Nc1ccc(C(C)C)cc1)C(=O)N2Cc1ccccc1F. The Hall–Kier alpha value is -3.32. The van der Waals surface area contributed by atoms with Crippen LogP contribution < -0.4 is 10.2 Å². The molecule has 180 valence electrons. The van der Waals surface area contributed by atoms with E-state index in [4.69, 9.17) is 0 Å². The fourth-order valence-electron chi connectivity index (χ4n) is 4.83. The highest BCUT2D eigenvalue weighted by Gasteiger charge is 2.59. The summed E-state index contributed by atoms with van der Waals surface area (Å²) in [7, 11) is 0. The predicted molar refractivity (Wildman–Crippen MR) is 139 cm³/mol. The number of nitrogens with one attached hydrogen (secondary N) is 1. The van der Waals surface area contributed by atoms with Crippen molar-refractivity contribution >= 4 is 35.1 Å². The number of thioether (sulfide) groups is 1. The third-order valence-corrected chi connectivity index (χ3v) is 8.13. The highest BCUT2D eigenvalue weighted by molar-refractivity contribution is 8.01. The van der Waals surface area contributed by atoms with Gasteiger partial charge in [-0.25, -0.2) is 9.18 Å². The second-order valence-electron chi connectivity index (χ2n) is 9.35. The molecule has 35 heavy (non-hydrogen) atoms. The molecule has 5 nitrogen and oxygen atoms in total. The molecule has 0 unspecified atom stereocenters. The van der Waals surface area contributed by atoms with Gasteiger partial charge in [0, 0.05) is 29.1 Å². The van der Waals surface area contributed by atoms with Gasteiger partial charge in [0.25, 0.3) is 5.91 Å². The first kappa shape index (κ1) is 23.4. The van der Waals surface area contributed by atoms with E-state index in [-0.39, 0.29) is 24.3 Å².